The van der Waals surface area contributed by atoms with Crippen molar-refractivity contribution in [1.29, 1.82) is 0 Å². The lowest BCUT2D eigenvalue weighted by Crippen LogP contribution is -2.55. The van der Waals surface area contributed by atoms with E-state index in [0.29, 0.717) is 19.4 Å². The Morgan fingerprint density at radius 1 is 1.08 bits per heavy atom. The Morgan fingerprint density at radius 2 is 1.78 bits per heavy atom. The van der Waals surface area contributed by atoms with Crippen LogP contribution in [-0.4, -0.2) is 71.0 Å². The van der Waals surface area contributed by atoms with Crippen LogP contribution in [0.25, 0.3) is 10.9 Å². The quantitative estimate of drug-likeness (QED) is 0.0871. The van der Waals surface area contributed by atoms with Crippen LogP contribution in [-0.2, 0) is 25.6 Å². The molecule has 1 aromatic heterocycles. The zero-order valence-corrected chi connectivity index (χ0v) is 21.0. The molecule has 202 valence electrons. The number of rotatable bonds is 14. The van der Waals surface area contributed by atoms with Crippen molar-refractivity contribution in [2.45, 2.75) is 51.2 Å². The molecule has 3 unspecified atom stereocenters. The molecule has 3 amide bonds. The highest BCUT2D eigenvalue weighted by Gasteiger charge is 2.29. The van der Waals surface area contributed by atoms with Crippen molar-refractivity contribution >= 4 is 40.6 Å². The number of fused-ring (bicyclic) bond motifs is 1. The number of guanidine groups is 1. The van der Waals surface area contributed by atoms with E-state index in [4.69, 9.17) is 17.2 Å². The standard InChI is InChI=1S/C24H36N8O5/c1-13(2)20(23(36)37)32-22(35)18(10-14-11-29-17-8-4-3-6-15(14)17)31-19(33)12-30-21(34)16(25)7-5-9-28-24(26)27/h3-4,6,8,11,13,16,18,20,29H,5,7,9-10,12,25H2,1-2H3,(H,30,34)(H,31,33)(H,32,35)(H,36,37)(H4,26,27,28). The monoisotopic (exact) mass is 516 g/mol. The first-order valence-electron chi connectivity index (χ1n) is 12.0. The lowest BCUT2D eigenvalue weighted by Gasteiger charge is -2.23. The van der Waals surface area contributed by atoms with Gasteiger partial charge in [-0.15, -0.1) is 0 Å². The van der Waals surface area contributed by atoms with Gasteiger partial charge in [0, 0.05) is 30.1 Å². The summed E-state index contributed by atoms with van der Waals surface area (Å²) in [5.41, 5.74) is 18.0. The second kappa shape index (κ2) is 13.8. The highest BCUT2D eigenvalue weighted by molar-refractivity contribution is 5.93. The number of carbonyl (C=O) groups excluding carboxylic acids is 3. The first-order chi connectivity index (χ1) is 17.5. The van der Waals surface area contributed by atoms with Crippen molar-refractivity contribution < 1.29 is 24.3 Å². The normalized spacial score (nSPS) is 13.4. The Labute approximate surface area is 214 Å². The van der Waals surface area contributed by atoms with E-state index in [1.165, 1.54) is 0 Å². The number of hydrogen-bond donors (Lipinski definition) is 8. The third-order valence-corrected chi connectivity index (χ3v) is 5.71. The van der Waals surface area contributed by atoms with Gasteiger partial charge in [0.25, 0.3) is 0 Å². The van der Waals surface area contributed by atoms with Crippen LogP contribution in [0.2, 0.25) is 0 Å². The van der Waals surface area contributed by atoms with E-state index < -0.39 is 48.4 Å². The first kappa shape index (κ1) is 29.1. The summed E-state index contributed by atoms with van der Waals surface area (Å²) in [6.07, 6.45) is 2.62. The Hall–Kier alpha value is -4.13. The van der Waals surface area contributed by atoms with Gasteiger partial charge < -0.3 is 43.2 Å². The molecule has 0 spiro atoms. The number of aliphatic carboxylic acids is 1. The van der Waals surface area contributed by atoms with Gasteiger partial charge in [-0.3, -0.25) is 19.4 Å². The van der Waals surface area contributed by atoms with Crippen LogP contribution in [0.15, 0.2) is 35.5 Å². The van der Waals surface area contributed by atoms with E-state index in [9.17, 15) is 24.3 Å². The van der Waals surface area contributed by atoms with Gasteiger partial charge in [-0.05, 0) is 30.4 Å². The van der Waals surface area contributed by atoms with Crippen molar-refractivity contribution in [2.24, 2.45) is 28.1 Å². The summed E-state index contributed by atoms with van der Waals surface area (Å²) in [7, 11) is 0. The van der Waals surface area contributed by atoms with Crippen LogP contribution in [0.5, 0.6) is 0 Å². The van der Waals surface area contributed by atoms with E-state index in [1.807, 2.05) is 24.3 Å². The molecule has 0 aliphatic heterocycles. The highest BCUT2D eigenvalue weighted by Crippen LogP contribution is 2.19. The molecule has 0 radical (unpaired) electrons. The van der Waals surface area contributed by atoms with Crippen LogP contribution >= 0.6 is 0 Å². The summed E-state index contributed by atoms with van der Waals surface area (Å²) in [6.45, 7) is 3.25. The largest absolute Gasteiger partial charge is 0.480 e. The van der Waals surface area contributed by atoms with Crippen LogP contribution in [0.3, 0.4) is 0 Å². The fourth-order valence-corrected chi connectivity index (χ4v) is 3.69. The number of carbonyl (C=O) groups is 4. The average molecular weight is 517 g/mol. The number of amides is 3. The smallest absolute Gasteiger partial charge is 0.326 e. The van der Waals surface area contributed by atoms with Crippen molar-refractivity contribution in [2.75, 3.05) is 13.1 Å². The Morgan fingerprint density at radius 3 is 2.43 bits per heavy atom. The van der Waals surface area contributed by atoms with Gasteiger partial charge in [0.15, 0.2) is 5.96 Å². The molecule has 1 heterocycles. The molecule has 0 saturated heterocycles. The molecular weight excluding hydrogens is 480 g/mol. The van der Waals surface area contributed by atoms with Gasteiger partial charge >= 0.3 is 5.97 Å². The van der Waals surface area contributed by atoms with Crippen LogP contribution < -0.4 is 33.2 Å². The van der Waals surface area contributed by atoms with E-state index in [2.05, 4.69) is 25.9 Å². The fourth-order valence-electron chi connectivity index (χ4n) is 3.69. The summed E-state index contributed by atoms with van der Waals surface area (Å²) in [5, 5.41) is 17.9. The number of carboxylic acid groups (broad SMARTS) is 1. The molecule has 2 rings (SSSR count). The molecule has 13 nitrogen and oxygen atoms in total. The zero-order valence-electron chi connectivity index (χ0n) is 21.0. The minimum atomic E-state index is -1.18. The van der Waals surface area contributed by atoms with Gasteiger partial charge in [0.2, 0.25) is 17.7 Å². The number of nitrogens with two attached hydrogens (primary N) is 3. The summed E-state index contributed by atoms with van der Waals surface area (Å²) < 4.78 is 0. The first-order valence-corrected chi connectivity index (χ1v) is 12.0. The third kappa shape index (κ3) is 9.11. The number of aromatic nitrogens is 1. The van der Waals surface area contributed by atoms with E-state index >= 15 is 0 Å². The summed E-state index contributed by atoms with van der Waals surface area (Å²) >= 11 is 0. The summed E-state index contributed by atoms with van der Waals surface area (Å²) in [6, 6.07) is 4.38. The lowest BCUT2D eigenvalue weighted by atomic mass is 10.0. The van der Waals surface area contributed by atoms with Crippen LogP contribution in [0.4, 0.5) is 0 Å². The van der Waals surface area contributed by atoms with Crippen LogP contribution in [0, 0.1) is 5.92 Å². The van der Waals surface area contributed by atoms with Crippen molar-refractivity contribution in [3.8, 4) is 0 Å². The molecule has 1 aromatic carbocycles. The molecule has 37 heavy (non-hydrogen) atoms. The number of aliphatic imine (C=N–C) groups is 1. The third-order valence-electron chi connectivity index (χ3n) is 5.71. The van der Waals surface area contributed by atoms with Gasteiger partial charge in [-0.1, -0.05) is 32.0 Å². The number of nitrogens with one attached hydrogen (secondary N) is 4. The van der Waals surface area contributed by atoms with Gasteiger partial charge in [0.1, 0.15) is 12.1 Å². The van der Waals surface area contributed by atoms with E-state index in [0.717, 1.165) is 16.5 Å². The van der Waals surface area contributed by atoms with Crippen LogP contribution in [0.1, 0.15) is 32.3 Å². The SMILES string of the molecule is CC(C)C(NC(=O)C(Cc1c[nH]c2ccccc12)NC(=O)CNC(=O)C(N)CCCN=C(N)N)C(=O)O. The number of H-pyrrole nitrogens is 1. The summed E-state index contributed by atoms with van der Waals surface area (Å²) in [5.74, 6) is -3.42. The number of aromatic amines is 1. The predicted octanol–water partition coefficient (Wildman–Crippen LogP) is -1.08. The lowest BCUT2D eigenvalue weighted by molar-refractivity contribution is -0.143. The molecule has 0 aliphatic rings. The minimum Gasteiger partial charge on any atom is -0.480 e. The molecular formula is C24H36N8O5. The van der Waals surface area contributed by atoms with Crippen molar-refractivity contribution in [3.63, 3.8) is 0 Å². The number of nitrogens with zero attached hydrogens (tertiary/aromatic N) is 1. The number of carboxylic acids is 1. The topological polar surface area (TPSA) is 231 Å². The molecule has 2 aromatic rings. The van der Waals surface area contributed by atoms with E-state index in [-0.39, 0.29) is 18.3 Å². The van der Waals surface area contributed by atoms with E-state index in [1.54, 1.807) is 20.0 Å². The number of hydrogen-bond acceptors (Lipinski definition) is 6. The Bertz CT molecular complexity index is 1130. The van der Waals surface area contributed by atoms with Crippen molar-refractivity contribution in [3.05, 3.63) is 36.0 Å². The Kier molecular flexibility index (Phi) is 10.9. The van der Waals surface area contributed by atoms with Gasteiger partial charge in [-0.25, -0.2) is 4.79 Å². The fraction of sp³-hybridized carbons (Fsp3) is 0.458. The molecule has 11 N–H and O–H groups in total. The maximum atomic E-state index is 13.1. The average Bonchev–Trinajstić information content (AvgIpc) is 3.25. The predicted molar refractivity (Wildman–Crippen MR) is 139 cm³/mol. The highest BCUT2D eigenvalue weighted by atomic mass is 16.4. The number of benzene rings is 1. The maximum Gasteiger partial charge on any atom is 0.326 e. The summed E-state index contributed by atoms with van der Waals surface area (Å²) in [4.78, 5) is 56.5. The Balaban J connectivity index is 2.05. The molecule has 13 heteroatoms. The second-order valence-electron chi connectivity index (χ2n) is 9.03. The zero-order chi connectivity index (χ0) is 27.5. The molecule has 3 atom stereocenters. The van der Waals surface area contributed by atoms with Gasteiger partial charge in [0.05, 0.1) is 12.6 Å². The molecule has 0 saturated carbocycles. The number of para-hydroxylation sites is 1. The molecule has 0 fully saturated rings. The maximum absolute atomic E-state index is 13.1. The van der Waals surface area contributed by atoms with Gasteiger partial charge in [-0.2, -0.15) is 0 Å². The minimum absolute atomic E-state index is 0.0519. The van der Waals surface area contributed by atoms with Crippen molar-refractivity contribution in [1.82, 2.24) is 20.9 Å². The molecule has 0 bridgehead atoms. The molecule has 0 aliphatic carbocycles. The second-order valence-corrected chi connectivity index (χ2v) is 9.03.